The largest absolute Gasteiger partial charge is 0.481 e. The van der Waals surface area contributed by atoms with Crippen molar-refractivity contribution in [2.45, 2.75) is 83.0 Å². The molecular formula is C35H49N7O2. The van der Waals surface area contributed by atoms with Gasteiger partial charge in [0.15, 0.2) is 5.82 Å². The zero-order valence-corrected chi connectivity index (χ0v) is 26.3. The Kier molecular flexibility index (Phi) is 10.4. The van der Waals surface area contributed by atoms with Gasteiger partial charge in [0.2, 0.25) is 0 Å². The van der Waals surface area contributed by atoms with E-state index in [-0.39, 0.29) is 5.92 Å². The molecule has 3 aromatic rings. The monoisotopic (exact) mass is 599 g/mol. The number of benzene rings is 2. The van der Waals surface area contributed by atoms with E-state index in [2.05, 4.69) is 79.5 Å². The highest BCUT2D eigenvalue weighted by Crippen LogP contribution is 2.40. The Balaban J connectivity index is 1.05. The van der Waals surface area contributed by atoms with Crippen LogP contribution in [0, 0.1) is 11.8 Å². The lowest BCUT2D eigenvalue weighted by Crippen LogP contribution is -2.46. The van der Waals surface area contributed by atoms with Gasteiger partial charge in [0.1, 0.15) is 0 Å². The number of rotatable bonds is 12. The summed E-state index contributed by atoms with van der Waals surface area (Å²) >= 11 is 0. The Bertz CT molecular complexity index is 1310. The summed E-state index contributed by atoms with van der Waals surface area (Å²) in [5, 5.41) is 23.0. The van der Waals surface area contributed by atoms with E-state index in [4.69, 9.17) is 0 Å². The number of carboxylic acid groups (broad SMARTS) is 1. The van der Waals surface area contributed by atoms with Crippen LogP contribution in [0.5, 0.6) is 0 Å². The van der Waals surface area contributed by atoms with Gasteiger partial charge in [-0.2, -0.15) is 4.80 Å². The summed E-state index contributed by atoms with van der Waals surface area (Å²) < 4.78 is 0. The third-order valence-corrected chi connectivity index (χ3v) is 10.4. The predicted octanol–water partition coefficient (Wildman–Crippen LogP) is 4.76. The van der Waals surface area contributed by atoms with Crippen LogP contribution in [0.15, 0.2) is 60.7 Å². The van der Waals surface area contributed by atoms with Crippen LogP contribution in [0.25, 0.3) is 0 Å². The third kappa shape index (κ3) is 7.73. The maximum absolute atomic E-state index is 11.7. The normalized spacial score (nSPS) is 25.5. The number of piperidine rings is 1. The lowest BCUT2D eigenvalue weighted by Gasteiger charge is -2.39. The van der Waals surface area contributed by atoms with E-state index < -0.39 is 5.97 Å². The first-order chi connectivity index (χ1) is 21.6. The second kappa shape index (κ2) is 14.8. The lowest BCUT2D eigenvalue weighted by molar-refractivity contribution is -0.139. The summed E-state index contributed by atoms with van der Waals surface area (Å²) in [6.45, 7) is 10.0. The van der Waals surface area contributed by atoms with E-state index in [9.17, 15) is 9.90 Å². The third-order valence-electron chi connectivity index (χ3n) is 10.4. The summed E-state index contributed by atoms with van der Waals surface area (Å²) in [7, 11) is 0. The van der Waals surface area contributed by atoms with Gasteiger partial charge in [0, 0.05) is 44.1 Å². The van der Waals surface area contributed by atoms with Crippen LogP contribution in [0.2, 0.25) is 0 Å². The minimum absolute atomic E-state index is 0.279. The van der Waals surface area contributed by atoms with Gasteiger partial charge in [-0.1, -0.05) is 80.4 Å². The zero-order chi connectivity index (χ0) is 30.3. The van der Waals surface area contributed by atoms with Crippen molar-refractivity contribution in [2.75, 3.05) is 39.3 Å². The molecule has 3 fully saturated rings. The van der Waals surface area contributed by atoms with Crippen molar-refractivity contribution in [3.8, 4) is 0 Å². The van der Waals surface area contributed by atoms with Gasteiger partial charge in [-0.3, -0.25) is 14.6 Å². The molecule has 4 unspecified atom stereocenters. The Morgan fingerprint density at radius 3 is 2.39 bits per heavy atom. The number of carboxylic acids is 1. The number of tetrazole rings is 1. The van der Waals surface area contributed by atoms with Crippen molar-refractivity contribution in [1.82, 2.24) is 34.9 Å². The molecule has 2 saturated heterocycles. The Morgan fingerprint density at radius 2 is 1.66 bits per heavy atom. The van der Waals surface area contributed by atoms with Crippen molar-refractivity contribution < 1.29 is 9.90 Å². The summed E-state index contributed by atoms with van der Waals surface area (Å²) in [6.07, 6.45) is 7.19. The number of likely N-dealkylation sites (tertiary alicyclic amines) is 2. The highest BCUT2D eigenvalue weighted by atomic mass is 16.4. The van der Waals surface area contributed by atoms with Crippen LogP contribution in [-0.4, -0.2) is 97.3 Å². The molecule has 236 valence electrons. The molecule has 2 aliphatic heterocycles. The molecule has 0 bridgehead atoms. The Hall–Kier alpha value is -3.14. The minimum atomic E-state index is -0.645. The molecule has 1 aromatic heterocycles. The zero-order valence-electron chi connectivity index (χ0n) is 26.3. The van der Waals surface area contributed by atoms with E-state index >= 15 is 0 Å². The van der Waals surface area contributed by atoms with Crippen molar-refractivity contribution in [3.63, 3.8) is 0 Å². The fourth-order valence-corrected chi connectivity index (χ4v) is 8.20. The topological polar surface area (TPSA) is 90.6 Å². The maximum Gasteiger partial charge on any atom is 0.303 e. The van der Waals surface area contributed by atoms with Gasteiger partial charge >= 0.3 is 5.97 Å². The molecule has 0 spiro atoms. The standard InChI is InChI=1S/C35H49N7O2/c1-2-40(26-34-36-38-42(37-34)22-27-11-5-3-6-12-27)31-17-19-39(20-18-31)23-30-24-41(25-32(30)28-13-7-4-8-14-28)33-16-10-9-15-29(33)21-35(43)44/h3-8,11-14,29-33H,2,9-10,15-26H2,1H3,(H,43,44). The van der Waals surface area contributed by atoms with Crippen molar-refractivity contribution in [3.05, 3.63) is 77.6 Å². The summed E-state index contributed by atoms with van der Waals surface area (Å²) in [6, 6.07) is 22.3. The number of carbonyl (C=O) groups is 1. The Labute approximate surface area is 262 Å². The number of aliphatic carboxylic acids is 1. The molecule has 1 saturated carbocycles. The van der Waals surface area contributed by atoms with Crippen LogP contribution in [-0.2, 0) is 17.9 Å². The molecule has 0 radical (unpaired) electrons. The van der Waals surface area contributed by atoms with Gasteiger partial charge < -0.3 is 10.0 Å². The molecule has 4 atom stereocenters. The van der Waals surface area contributed by atoms with Gasteiger partial charge in [0.05, 0.1) is 13.1 Å². The van der Waals surface area contributed by atoms with E-state index in [0.29, 0.717) is 36.9 Å². The first-order valence-electron chi connectivity index (χ1n) is 16.8. The molecule has 3 aliphatic rings. The number of nitrogens with zero attached hydrogens (tertiary/aromatic N) is 7. The van der Waals surface area contributed by atoms with Crippen molar-refractivity contribution in [2.24, 2.45) is 11.8 Å². The predicted molar refractivity (Wildman–Crippen MR) is 171 cm³/mol. The molecule has 6 rings (SSSR count). The molecule has 9 nitrogen and oxygen atoms in total. The van der Waals surface area contributed by atoms with Gasteiger partial charge in [-0.25, -0.2) is 0 Å². The lowest BCUT2D eigenvalue weighted by atomic mass is 9.81. The van der Waals surface area contributed by atoms with Crippen LogP contribution in [0.1, 0.15) is 74.7 Å². The minimum Gasteiger partial charge on any atom is -0.481 e. The first-order valence-corrected chi connectivity index (χ1v) is 16.8. The fourth-order valence-electron chi connectivity index (χ4n) is 8.20. The SMILES string of the molecule is CCN(Cc1nnn(Cc2ccccc2)n1)C1CCN(CC2CN(C3CCCCC3CC(=O)O)CC2c2ccccc2)CC1. The molecular weight excluding hydrogens is 550 g/mol. The number of aromatic nitrogens is 4. The Morgan fingerprint density at radius 1 is 0.932 bits per heavy atom. The van der Waals surface area contributed by atoms with Gasteiger partial charge in [-0.15, -0.1) is 10.2 Å². The van der Waals surface area contributed by atoms with Crippen LogP contribution >= 0.6 is 0 Å². The van der Waals surface area contributed by atoms with Crippen LogP contribution in [0.3, 0.4) is 0 Å². The molecule has 44 heavy (non-hydrogen) atoms. The van der Waals surface area contributed by atoms with Crippen molar-refractivity contribution in [1.29, 1.82) is 0 Å². The molecule has 1 N–H and O–H groups in total. The average Bonchev–Trinajstić information content (AvgIpc) is 3.68. The summed E-state index contributed by atoms with van der Waals surface area (Å²) in [5.41, 5.74) is 2.61. The van der Waals surface area contributed by atoms with E-state index in [1.165, 1.54) is 24.0 Å². The number of hydrogen-bond donors (Lipinski definition) is 1. The molecule has 2 aromatic carbocycles. The second-order valence-corrected chi connectivity index (χ2v) is 13.3. The van der Waals surface area contributed by atoms with E-state index in [0.717, 1.165) is 77.3 Å². The highest BCUT2D eigenvalue weighted by Gasteiger charge is 2.41. The van der Waals surface area contributed by atoms with Crippen molar-refractivity contribution >= 4 is 5.97 Å². The molecule has 9 heteroatoms. The van der Waals surface area contributed by atoms with E-state index in [1.807, 2.05) is 18.2 Å². The smallest absolute Gasteiger partial charge is 0.303 e. The second-order valence-electron chi connectivity index (χ2n) is 13.3. The maximum atomic E-state index is 11.7. The summed E-state index contributed by atoms with van der Waals surface area (Å²) in [4.78, 5) is 21.3. The first kappa shape index (κ1) is 30.9. The van der Waals surface area contributed by atoms with E-state index in [1.54, 1.807) is 4.80 Å². The summed E-state index contributed by atoms with van der Waals surface area (Å²) in [5.74, 6) is 1.49. The highest BCUT2D eigenvalue weighted by molar-refractivity contribution is 5.67. The van der Waals surface area contributed by atoms with Crippen LogP contribution < -0.4 is 0 Å². The molecule has 1 aliphatic carbocycles. The molecule has 0 amide bonds. The fraction of sp³-hybridized carbons (Fsp3) is 0.600. The average molecular weight is 600 g/mol. The van der Waals surface area contributed by atoms with Gasteiger partial charge in [-0.05, 0) is 73.5 Å². The molecule has 3 heterocycles. The number of hydrogen-bond acceptors (Lipinski definition) is 7. The van der Waals surface area contributed by atoms with Gasteiger partial charge in [0.25, 0.3) is 0 Å². The quantitative estimate of drug-likeness (QED) is 0.319. The van der Waals surface area contributed by atoms with Crippen LogP contribution in [0.4, 0.5) is 0 Å².